The molecule has 0 saturated heterocycles. The monoisotopic (exact) mass is 270 g/mol. The first kappa shape index (κ1) is 14.6. The van der Waals surface area contributed by atoms with Crippen LogP contribution in [0.1, 0.15) is 85.0 Å². The number of rotatable bonds is 2. The van der Waals surface area contributed by atoms with Gasteiger partial charge < -0.3 is 4.57 Å². The quantitative estimate of drug-likeness (QED) is 0.578. The third-order valence-corrected chi connectivity index (χ3v) is 10.6. The number of hydrogen-bond acceptors (Lipinski definition) is 1. The summed E-state index contributed by atoms with van der Waals surface area (Å²) in [6.07, 6.45) is 13.0. The zero-order valence-electron chi connectivity index (χ0n) is 12.6. The summed E-state index contributed by atoms with van der Waals surface area (Å²) in [6, 6.07) is 0. The molecule has 0 aliphatic heterocycles. The molecule has 2 heteroatoms. The molecule has 0 N–H and O–H groups in total. The molecule has 0 aromatic heterocycles. The van der Waals surface area contributed by atoms with Crippen LogP contribution in [0.4, 0.5) is 0 Å². The molecular weight excluding hydrogens is 239 g/mol. The summed E-state index contributed by atoms with van der Waals surface area (Å²) in [6.45, 7) is 6.74. The van der Waals surface area contributed by atoms with Crippen molar-refractivity contribution in [2.45, 2.75) is 101 Å². The zero-order valence-corrected chi connectivity index (χ0v) is 13.5. The Morgan fingerprint density at radius 3 is 1.33 bits per heavy atom. The van der Waals surface area contributed by atoms with Crippen LogP contribution in [0.5, 0.6) is 0 Å². The van der Waals surface area contributed by atoms with Crippen molar-refractivity contribution in [2.24, 2.45) is 0 Å². The predicted octanol–water partition coefficient (Wildman–Crippen LogP) is 5.81. The van der Waals surface area contributed by atoms with E-state index in [0.717, 1.165) is 0 Å². The molecule has 0 aromatic rings. The van der Waals surface area contributed by atoms with Gasteiger partial charge in [-0.2, -0.15) is 0 Å². The second kappa shape index (κ2) is 5.70. The highest BCUT2D eigenvalue weighted by Gasteiger charge is 2.48. The first-order valence-electron chi connectivity index (χ1n) is 8.06. The van der Waals surface area contributed by atoms with E-state index in [-0.39, 0.29) is 5.16 Å². The normalized spacial score (nSPS) is 25.3. The lowest BCUT2D eigenvalue weighted by atomic mass is 9.99. The third kappa shape index (κ3) is 2.72. The van der Waals surface area contributed by atoms with E-state index in [9.17, 15) is 4.57 Å². The summed E-state index contributed by atoms with van der Waals surface area (Å²) in [4.78, 5) is 0. The van der Waals surface area contributed by atoms with E-state index in [1.807, 2.05) is 0 Å². The number of hydrogen-bond donors (Lipinski definition) is 0. The van der Waals surface area contributed by atoms with Crippen molar-refractivity contribution in [3.63, 3.8) is 0 Å². The molecular formula is C16H31OP. The van der Waals surface area contributed by atoms with E-state index >= 15 is 0 Å². The van der Waals surface area contributed by atoms with E-state index in [1.54, 1.807) is 0 Å². The molecule has 106 valence electrons. The molecule has 18 heavy (non-hydrogen) atoms. The molecule has 0 heterocycles. The van der Waals surface area contributed by atoms with Crippen molar-refractivity contribution in [2.75, 3.05) is 0 Å². The Labute approximate surface area is 113 Å². The third-order valence-electron chi connectivity index (χ3n) is 5.28. The Morgan fingerprint density at radius 1 is 0.722 bits per heavy atom. The molecule has 0 radical (unpaired) electrons. The second-order valence-corrected chi connectivity index (χ2v) is 11.7. The summed E-state index contributed by atoms with van der Waals surface area (Å²) in [5, 5.41) is 0.0248. The summed E-state index contributed by atoms with van der Waals surface area (Å²) < 4.78 is 13.9. The first-order valence-corrected chi connectivity index (χ1v) is 9.90. The van der Waals surface area contributed by atoms with Crippen LogP contribution < -0.4 is 0 Å². The molecule has 1 nitrogen and oxygen atoms in total. The maximum absolute atomic E-state index is 13.9. The maximum Gasteiger partial charge on any atom is 0.0985 e. The van der Waals surface area contributed by atoms with Crippen LogP contribution in [0.25, 0.3) is 0 Å². The van der Waals surface area contributed by atoms with Gasteiger partial charge in [0.25, 0.3) is 0 Å². The van der Waals surface area contributed by atoms with Crippen LogP contribution >= 0.6 is 7.14 Å². The van der Waals surface area contributed by atoms with Gasteiger partial charge in [0.15, 0.2) is 0 Å². The van der Waals surface area contributed by atoms with E-state index < -0.39 is 7.14 Å². The van der Waals surface area contributed by atoms with E-state index in [2.05, 4.69) is 20.8 Å². The van der Waals surface area contributed by atoms with Gasteiger partial charge in [-0.25, -0.2) is 0 Å². The lowest BCUT2D eigenvalue weighted by Crippen LogP contribution is -2.33. The second-order valence-electron chi connectivity index (χ2n) is 7.46. The fourth-order valence-corrected chi connectivity index (χ4v) is 9.37. The summed E-state index contributed by atoms with van der Waals surface area (Å²) >= 11 is 0. The first-order chi connectivity index (χ1) is 8.46. The van der Waals surface area contributed by atoms with Crippen molar-refractivity contribution in [3.05, 3.63) is 0 Å². The lowest BCUT2D eigenvalue weighted by Gasteiger charge is -2.45. The Kier molecular flexibility index (Phi) is 4.63. The van der Waals surface area contributed by atoms with E-state index in [1.165, 1.54) is 64.2 Å². The highest BCUT2D eigenvalue weighted by Crippen LogP contribution is 2.70. The molecule has 2 aliphatic carbocycles. The largest absolute Gasteiger partial charge is 0.322 e. The molecule has 2 saturated carbocycles. The van der Waals surface area contributed by atoms with Crippen LogP contribution in [0, 0.1) is 0 Å². The van der Waals surface area contributed by atoms with Crippen LogP contribution in [-0.2, 0) is 4.57 Å². The lowest BCUT2D eigenvalue weighted by molar-refractivity contribution is 0.431. The zero-order chi connectivity index (χ0) is 13.2. The van der Waals surface area contributed by atoms with Gasteiger partial charge in [-0.1, -0.05) is 59.3 Å². The van der Waals surface area contributed by atoms with Gasteiger partial charge in [0, 0.05) is 16.5 Å². The van der Waals surface area contributed by atoms with Gasteiger partial charge in [-0.15, -0.1) is 0 Å². The fourth-order valence-electron chi connectivity index (χ4n) is 4.32. The van der Waals surface area contributed by atoms with Crippen molar-refractivity contribution >= 4 is 7.14 Å². The Morgan fingerprint density at radius 2 is 1.06 bits per heavy atom. The maximum atomic E-state index is 13.9. The van der Waals surface area contributed by atoms with Gasteiger partial charge in [-0.3, -0.25) is 0 Å². The van der Waals surface area contributed by atoms with Gasteiger partial charge in [0.2, 0.25) is 0 Å². The summed E-state index contributed by atoms with van der Waals surface area (Å²) in [7, 11) is -2.05. The molecule has 0 spiro atoms. The summed E-state index contributed by atoms with van der Waals surface area (Å²) in [5.74, 6) is 0. The van der Waals surface area contributed by atoms with Crippen molar-refractivity contribution < 1.29 is 4.57 Å². The molecule has 0 atom stereocenters. The topological polar surface area (TPSA) is 17.1 Å². The highest BCUT2D eigenvalue weighted by molar-refractivity contribution is 7.66. The molecule has 0 amide bonds. The molecule has 2 fully saturated rings. The van der Waals surface area contributed by atoms with Crippen molar-refractivity contribution in [3.8, 4) is 0 Å². The van der Waals surface area contributed by atoms with Crippen LogP contribution in [0.2, 0.25) is 0 Å². The van der Waals surface area contributed by atoms with E-state index in [0.29, 0.717) is 11.3 Å². The average molecular weight is 270 g/mol. The molecule has 2 aliphatic rings. The molecule has 0 bridgehead atoms. The highest BCUT2D eigenvalue weighted by atomic mass is 31.2. The van der Waals surface area contributed by atoms with Gasteiger partial charge in [-0.05, 0) is 25.7 Å². The van der Waals surface area contributed by atoms with Gasteiger partial charge >= 0.3 is 0 Å². The molecule has 0 aromatic carbocycles. The van der Waals surface area contributed by atoms with Crippen molar-refractivity contribution in [1.82, 2.24) is 0 Å². The Hall–Kier alpha value is 0.230. The van der Waals surface area contributed by atoms with Crippen molar-refractivity contribution in [1.29, 1.82) is 0 Å². The Balaban J connectivity index is 2.24. The minimum absolute atomic E-state index is 0.0248. The van der Waals surface area contributed by atoms with Gasteiger partial charge in [0.05, 0.1) is 7.14 Å². The minimum atomic E-state index is -2.05. The molecule has 2 rings (SSSR count). The van der Waals surface area contributed by atoms with Gasteiger partial charge in [0.1, 0.15) is 0 Å². The summed E-state index contributed by atoms with van der Waals surface area (Å²) in [5.41, 5.74) is 1.10. The average Bonchev–Trinajstić information content (AvgIpc) is 2.38. The SMILES string of the molecule is CC(C)(C)P(=O)(C1CCCCC1)C1CCCCC1. The van der Waals surface area contributed by atoms with Crippen LogP contribution in [0.3, 0.4) is 0 Å². The van der Waals surface area contributed by atoms with Crippen LogP contribution in [-0.4, -0.2) is 16.5 Å². The Bertz CT molecular complexity index is 282. The van der Waals surface area contributed by atoms with E-state index in [4.69, 9.17) is 0 Å². The predicted molar refractivity (Wildman–Crippen MR) is 81.1 cm³/mol. The minimum Gasteiger partial charge on any atom is -0.322 e. The fraction of sp³-hybridized carbons (Fsp3) is 1.00. The smallest absolute Gasteiger partial charge is 0.0985 e. The molecule has 0 unspecified atom stereocenters. The standard InChI is InChI=1S/C16H31OP/c1-16(2,3)18(17,14-10-6-4-7-11-14)15-12-8-5-9-13-15/h14-15H,4-13H2,1-3H3. The van der Waals surface area contributed by atoms with Crippen LogP contribution in [0.15, 0.2) is 0 Å².